The van der Waals surface area contributed by atoms with Crippen LogP contribution >= 0.6 is 0 Å². The summed E-state index contributed by atoms with van der Waals surface area (Å²) in [6.07, 6.45) is 1.48. The van der Waals surface area contributed by atoms with Gasteiger partial charge in [0, 0.05) is 36.3 Å². The summed E-state index contributed by atoms with van der Waals surface area (Å²) in [6, 6.07) is 8.87. The van der Waals surface area contributed by atoms with Gasteiger partial charge >= 0.3 is 0 Å². The number of likely N-dealkylation sites (N-methyl/N-ethyl adjacent to an activating group) is 1. The molecule has 7 heteroatoms. The fourth-order valence-corrected chi connectivity index (χ4v) is 3.59. The van der Waals surface area contributed by atoms with Gasteiger partial charge in [0.1, 0.15) is 17.4 Å². The van der Waals surface area contributed by atoms with E-state index in [1.807, 2.05) is 45.3 Å². The second-order valence-electron chi connectivity index (χ2n) is 8.44. The number of hydrogen-bond acceptors (Lipinski definition) is 6. The van der Waals surface area contributed by atoms with E-state index in [9.17, 15) is 9.90 Å². The average Bonchev–Trinajstić information content (AvgIpc) is 2.79. The quantitative estimate of drug-likeness (QED) is 0.724. The molecule has 7 nitrogen and oxygen atoms in total. The molecule has 1 aliphatic rings. The lowest BCUT2D eigenvalue weighted by Gasteiger charge is -2.37. The molecule has 1 amide bonds. The first-order valence-electron chi connectivity index (χ1n) is 10.7. The lowest BCUT2D eigenvalue weighted by atomic mass is 10.00. The van der Waals surface area contributed by atoms with Crippen molar-refractivity contribution in [1.82, 2.24) is 14.8 Å². The van der Waals surface area contributed by atoms with Gasteiger partial charge in [-0.15, -0.1) is 0 Å². The molecule has 1 aromatic heterocycles. The summed E-state index contributed by atoms with van der Waals surface area (Å²) in [5.74, 6) is 7.05. The molecule has 0 saturated heterocycles. The minimum atomic E-state index is -0.317. The smallest absolute Gasteiger partial charge is 0.259 e. The van der Waals surface area contributed by atoms with E-state index in [1.165, 1.54) is 0 Å². The molecule has 2 heterocycles. The number of aliphatic hydroxyl groups is 1. The highest BCUT2D eigenvalue weighted by molar-refractivity contribution is 5.97. The maximum atomic E-state index is 13.4. The van der Waals surface area contributed by atoms with Crippen LogP contribution in [0.1, 0.15) is 35.3 Å². The number of carbonyl (C=O) groups excluding carboxylic acids is 1. The van der Waals surface area contributed by atoms with E-state index in [1.54, 1.807) is 24.3 Å². The Balaban J connectivity index is 2.00. The van der Waals surface area contributed by atoms with Crippen molar-refractivity contribution in [3.8, 4) is 23.5 Å². The number of benzene rings is 1. The molecule has 0 saturated carbocycles. The van der Waals surface area contributed by atoms with Crippen molar-refractivity contribution >= 4 is 5.91 Å². The van der Waals surface area contributed by atoms with Crippen LogP contribution < -0.4 is 9.47 Å². The van der Waals surface area contributed by atoms with Gasteiger partial charge in [0.2, 0.25) is 5.88 Å². The number of ether oxygens (including phenoxy) is 2. The largest absolute Gasteiger partial charge is 0.497 e. The SMILES string of the molecule is COc1cccc(C#Cc2cnc3c(c2)C(=O)N([C@@H](C)CO)C[C@H](C)[C@H](CN(C)C)O3)c1. The van der Waals surface area contributed by atoms with Gasteiger partial charge in [-0.05, 0) is 45.3 Å². The summed E-state index contributed by atoms with van der Waals surface area (Å²) in [4.78, 5) is 21.6. The van der Waals surface area contributed by atoms with Crippen molar-refractivity contribution < 1.29 is 19.4 Å². The maximum Gasteiger partial charge on any atom is 0.259 e. The molecule has 1 N–H and O–H groups in total. The fourth-order valence-electron chi connectivity index (χ4n) is 3.59. The van der Waals surface area contributed by atoms with Gasteiger partial charge in [0.25, 0.3) is 5.91 Å². The molecule has 170 valence electrons. The van der Waals surface area contributed by atoms with Crippen molar-refractivity contribution in [1.29, 1.82) is 0 Å². The molecule has 0 bridgehead atoms. The third-order valence-corrected chi connectivity index (χ3v) is 5.49. The van der Waals surface area contributed by atoms with Crippen LogP contribution in [0.5, 0.6) is 11.6 Å². The number of rotatable bonds is 5. The molecule has 2 aromatic rings. The molecule has 0 radical (unpaired) electrons. The zero-order valence-electron chi connectivity index (χ0n) is 19.3. The van der Waals surface area contributed by atoms with Gasteiger partial charge < -0.3 is 24.4 Å². The van der Waals surface area contributed by atoms with Crippen molar-refractivity contribution in [2.45, 2.75) is 26.0 Å². The van der Waals surface area contributed by atoms with Crippen LogP contribution in [-0.2, 0) is 0 Å². The lowest BCUT2D eigenvalue weighted by Crippen LogP contribution is -2.49. The van der Waals surface area contributed by atoms with E-state index in [2.05, 4.69) is 28.6 Å². The van der Waals surface area contributed by atoms with E-state index in [0.717, 1.165) is 11.3 Å². The van der Waals surface area contributed by atoms with E-state index in [4.69, 9.17) is 9.47 Å². The summed E-state index contributed by atoms with van der Waals surface area (Å²) in [7, 11) is 5.58. The number of aliphatic hydroxyl groups excluding tert-OH is 1. The first-order chi connectivity index (χ1) is 15.3. The van der Waals surface area contributed by atoms with Gasteiger partial charge in [-0.3, -0.25) is 4.79 Å². The highest BCUT2D eigenvalue weighted by Crippen LogP contribution is 2.27. The minimum absolute atomic E-state index is 0.0674. The van der Waals surface area contributed by atoms with Crippen LogP contribution in [0.25, 0.3) is 0 Å². The van der Waals surface area contributed by atoms with Crippen LogP contribution in [0.15, 0.2) is 36.5 Å². The van der Waals surface area contributed by atoms with Crippen molar-refractivity contribution in [3.63, 3.8) is 0 Å². The van der Waals surface area contributed by atoms with Crippen LogP contribution in [0.3, 0.4) is 0 Å². The summed E-state index contributed by atoms with van der Waals surface area (Å²) < 4.78 is 11.5. The summed E-state index contributed by atoms with van der Waals surface area (Å²) >= 11 is 0. The first kappa shape index (κ1) is 23.6. The standard InChI is InChI=1S/C25H31N3O4/c1-17-14-28(18(2)16-29)25(30)22-12-20(10-9-19-7-6-8-21(11-19)31-5)13-26-24(22)32-23(17)15-27(3)4/h6-8,11-13,17-18,23,29H,14-16H2,1-5H3/t17-,18-,23-/m0/s1. The molecule has 3 atom stereocenters. The number of pyridine rings is 1. The average molecular weight is 438 g/mol. The summed E-state index contributed by atoms with van der Waals surface area (Å²) in [6.45, 7) is 4.95. The predicted octanol–water partition coefficient (Wildman–Crippen LogP) is 2.27. The Labute approximate surface area is 190 Å². The second-order valence-corrected chi connectivity index (χ2v) is 8.44. The highest BCUT2D eigenvalue weighted by Gasteiger charge is 2.33. The first-order valence-corrected chi connectivity index (χ1v) is 10.7. The third kappa shape index (κ3) is 5.58. The number of amides is 1. The molecular weight excluding hydrogens is 406 g/mol. The topological polar surface area (TPSA) is 75.1 Å². The molecule has 0 fully saturated rings. The number of methoxy groups -OCH3 is 1. The highest BCUT2D eigenvalue weighted by atomic mass is 16.5. The third-order valence-electron chi connectivity index (χ3n) is 5.49. The van der Waals surface area contributed by atoms with Gasteiger partial charge in [0.05, 0.1) is 19.8 Å². The molecule has 0 unspecified atom stereocenters. The van der Waals surface area contributed by atoms with Crippen molar-refractivity contribution in [2.75, 3.05) is 40.9 Å². The number of hydrogen-bond donors (Lipinski definition) is 1. The van der Waals surface area contributed by atoms with Gasteiger partial charge in [-0.2, -0.15) is 0 Å². The zero-order valence-corrected chi connectivity index (χ0v) is 19.3. The van der Waals surface area contributed by atoms with Gasteiger partial charge in [-0.1, -0.05) is 24.8 Å². The Morgan fingerprint density at radius 1 is 1.31 bits per heavy atom. The number of fused-ring (bicyclic) bond motifs is 1. The van der Waals surface area contributed by atoms with Gasteiger partial charge in [-0.25, -0.2) is 4.98 Å². The summed E-state index contributed by atoms with van der Waals surface area (Å²) in [5.41, 5.74) is 1.77. The maximum absolute atomic E-state index is 13.4. The Hall–Kier alpha value is -3.08. The predicted molar refractivity (Wildman–Crippen MR) is 123 cm³/mol. The Bertz CT molecular complexity index is 1010. The van der Waals surface area contributed by atoms with Crippen molar-refractivity contribution in [2.24, 2.45) is 5.92 Å². The van der Waals surface area contributed by atoms with E-state index < -0.39 is 0 Å². The number of carbonyl (C=O) groups is 1. The normalized spacial score (nSPS) is 19.2. The monoisotopic (exact) mass is 437 g/mol. The molecule has 32 heavy (non-hydrogen) atoms. The molecule has 0 aliphatic carbocycles. The lowest BCUT2D eigenvalue weighted by molar-refractivity contribution is 0.0348. The van der Waals surface area contributed by atoms with Crippen molar-refractivity contribution in [3.05, 3.63) is 53.2 Å². The number of aromatic nitrogens is 1. The molecule has 1 aliphatic heterocycles. The molecule has 3 rings (SSSR count). The number of nitrogens with zero attached hydrogens (tertiary/aromatic N) is 3. The van der Waals surface area contributed by atoms with E-state index >= 15 is 0 Å². The Morgan fingerprint density at radius 2 is 2.06 bits per heavy atom. The minimum Gasteiger partial charge on any atom is -0.497 e. The second kappa shape index (κ2) is 10.5. The van der Waals surface area contributed by atoms with Crippen LogP contribution in [0, 0.1) is 17.8 Å². The summed E-state index contributed by atoms with van der Waals surface area (Å²) in [5, 5.41) is 9.74. The van der Waals surface area contributed by atoms with Gasteiger partial charge in [0.15, 0.2) is 0 Å². The Kier molecular flexibility index (Phi) is 7.73. The molecular formula is C25H31N3O4. The molecule has 0 spiro atoms. The Morgan fingerprint density at radius 3 is 2.75 bits per heavy atom. The van der Waals surface area contributed by atoms with Crippen LogP contribution in [0.2, 0.25) is 0 Å². The fraction of sp³-hybridized carbons (Fsp3) is 0.440. The van der Waals surface area contributed by atoms with Crippen LogP contribution in [0.4, 0.5) is 0 Å². The molecule has 1 aromatic carbocycles. The van der Waals surface area contributed by atoms with E-state index in [0.29, 0.717) is 30.1 Å². The zero-order chi connectivity index (χ0) is 23.3. The van der Waals surface area contributed by atoms with E-state index in [-0.39, 0.29) is 30.6 Å². The van der Waals surface area contributed by atoms with Crippen LogP contribution in [-0.4, -0.2) is 78.8 Å².